The number of nitrogens with zero attached hydrogens (tertiary/aromatic N) is 1. The molecule has 0 bridgehead atoms. The minimum atomic E-state index is 0.137. The van der Waals surface area contributed by atoms with Crippen LogP contribution >= 0.6 is 0 Å². The maximum atomic E-state index is 10.4. The summed E-state index contributed by atoms with van der Waals surface area (Å²) in [5.41, 5.74) is 4.10. The molecule has 0 amide bonds. The number of anilines is 1. The summed E-state index contributed by atoms with van der Waals surface area (Å²) < 4.78 is 0. The van der Waals surface area contributed by atoms with Gasteiger partial charge in [-0.2, -0.15) is 0 Å². The Bertz CT molecular complexity index is 953. The van der Waals surface area contributed by atoms with Crippen LogP contribution in [0.4, 0.5) is 5.69 Å². The highest BCUT2D eigenvalue weighted by molar-refractivity contribution is 5.96. The Kier molecular flexibility index (Phi) is 7.50. The Labute approximate surface area is 179 Å². The van der Waals surface area contributed by atoms with Crippen LogP contribution in [0.25, 0.3) is 11.1 Å². The zero-order valence-electron chi connectivity index (χ0n) is 18.0. The highest BCUT2D eigenvalue weighted by Crippen LogP contribution is 2.29. The predicted octanol–water partition coefficient (Wildman–Crippen LogP) is 5.85. The van der Waals surface area contributed by atoms with Gasteiger partial charge in [-0.1, -0.05) is 66.7 Å². The third-order valence-corrected chi connectivity index (χ3v) is 4.83. The summed E-state index contributed by atoms with van der Waals surface area (Å²) in [4.78, 5) is 4.85. The molecule has 0 aromatic heterocycles. The van der Waals surface area contributed by atoms with Crippen LogP contribution in [0.15, 0.2) is 83.9 Å². The van der Waals surface area contributed by atoms with Gasteiger partial charge in [0.1, 0.15) is 5.75 Å². The molecule has 30 heavy (non-hydrogen) atoms. The van der Waals surface area contributed by atoms with Gasteiger partial charge in [-0.05, 0) is 62.4 Å². The number of phenolic OH excluding ortho intramolecular Hbond substituents is 1. The number of aryl methyl sites for hydroxylation is 1. The van der Waals surface area contributed by atoms with Crippen molar-refractivity contribution in [1.29, 1.82) is 0 Å². The molecule has 156 valence electrons. The normalized spacial score (nSPS) is 12.6. The van der Waals surface area contributed by atoms with Gasteiger partial charge in [-0.25, -0.2) is 4.99 Å². The summed E-state index contributed by atoms with van der Waals surface area (Å²) in [6, 6.07) is 26.6. The molecular weight excluding hydrogens is 370 g/mol. The van der Waals surface area contributed by atoms with Gasteiger partial charge in [0.2, 0.25) is 0 Å². The first kappa shape index (κ1) is 21.4. The van der Waals surface area contributed by atoms with Crippen LogP contribution in [-0.4, -0.2) is 23.1 Å². The summed E-state index contributed by atoms with van der Waals surface area (Å²) in [5, 5.41) is 17.1. The maximum absolute atomic E-state index is 10.4. The average molecular weight is 402 g/mol. The van der Waals surface area contributed by atoms with Crippen LogP contribution in [0.3, 0.4) is 0 Å². The minimum absolute atomic E-state index is 0.137. The largest absolute Gasteiger partial charge is 0.506 e. The molecule has 3 rings (SSSR count). The molecule has 4 nitrogen and oxygen atoms in total. The van der Waals surface area contributed by atoms with Crippen LogP contribution in [-0.2, 0) is 6.42 Å². The van der Waals surface area contributed by atoms with Crippen LogP contribution < -0.4 is 10.6 Å². The standard InChI is InChI=1S/C26H31N3O/c1-19(2)27-26(28-20(3)14-15-21-10-6-4-7-11-21)29-24-18-23(16-17-25(24)30)22-12-8-5-9-13-22/h4-13,16-20,30H,14-15H2,1-3H3,(H2,27,28,29). The number of aliphatic imine (C=N–C) groups is 1. The zero-order chi connectivity index (χ0) is 21.3. The molecule has 0 aliphatic heterocycles. The third kappa shape index (κ3) is 6.38. The van der Waals surface area contributed by atoms with Crippen molar-refractivity contribution < 1.29 is 5.11 Å². The first-order valence-corrected chi connectivity index (χ1v) is 10.5. The van der Waals surface area contributed by atoms with Crippen molar-refractivity contribution >= 4 is 11.6 Å². The molecule has 0 saturated carbocycles. The van der Waals surface area contributed by atoms with Crippen molar-refractivity contribution in [3.8, 4) is 16.9 Å². The minimum Gasteiger partial charge on any atom is -0.506 e. The maximum Gasteiger partial charge on any atom is 0.196 e. The van der Waals surface area contributed by atoms with Crippen molar-refractivity contribution in [2.75, 3.05) is 5.32 Å². The van der Waals surface area contributed by atoms with Crippen molar-refractivity contribution in [1.82, 2.24) is 5.32 Å². The first-order valence-electron chi connectivity index (χ1n) is 10.5. The Morgan fingerprint density at radius 3 is 2.20 bits per heavy atom. The first-order chi connectivity index (χ1) is 14.5. The second-order valence-corrected chi connectivity index (χ2v) is 7.87. The number of hydrogen-bond acceptors (Lipinski definition) is 2. The average Bonchev–Trinajstić information content (AvgIpc) is 2.75. The van der Waals surface area contributed by atoms with Crippen LogP contribution in [0.2, 0.25) is 0 Å². The lowest BCUT2D eigenvalue weighted by atomic mass is 10.0. The van der Waals surface area contributed by atoms with E-state index in [-0.39, 0.29) is 17.8 Å². The predicted molar refractivity (Wildman–Crippen MR) is 127 cm³/mol. The molecule has 1 unspecified atom stereocenters. The molecule has 0 radical (unpaired) electrons. The molecule has 0 spiro atoms. The summed E-state index contributed by atoms with van der Waals surface area (Å²) in [6.45, 7) is 6.27. The Hall–Kier alpha value is -3.27. The van der Waals surface area contributed by atoms with Gasteiger partial charge >= 0.3 is 0 Å². The van der Waals surface area contributed by atoms with Crippen LogP contribution in [0.1, 0.15) is 32.8 Å². The number of phenols is 1. The highest BCUT2D eigenvalue weighted by atomic mass is 16.3. The van der Waals surface area contributed by atoms with Crippen molar-refractivity contribution in [3.63, 3.8) is 0 Å². The molecule has 1 atom stereocenters. The van der Waals surface area contributed by atoms with Gasteiger partial charge in [-0.3, -0.25) is 0 Å². The lowest BCUT2D eigenvalue weighted by Gasteiger charge is -2.18. The van der Waals surface area contributed by atoms with E-state index in [2.05, 4.69) is 67.8 Å². The summed E-state index contributed by atoms with van der Waals surface area (Å²) in [6.07, 6.45) is 1.93. The van der Waals surface area contributed by atoms with E-state index in [0.717, 1.165) is 24.0 Å². The Morgan fingerprint density at radius 2 is 1.53 bits per heavy atom. The van der Waals surface area contributed by atoms with Crippen LogP contribution in [0.5, 0.6) is 5.75 Å². The van der Waals surface area contributed by atoms with Gasteiger partial charge in [0, 0.05) is 6.04 Å². The Morgan fingerprint density at radius 1 is 0.867 bits per heavy atom. The SMILES string of the molecule is CC(CCc1ccccc1)N=C(Nc1cc(-c2ccccc2)ccc1O)NC(C)C. The third-order valence-electron chi connectivity index (χ3n) is 4.83. The van der Waals surface area contributed by atoms with E-state index in [0.29, 0.717) is 11.6 Å². The second kappa shape index (κ2) is 10.5. The molecule has 0 heterocycles. The van der Waals surface area contributed by atoms with Gasteiger partial charge in [0.05, 0.1) is 11.7 Å². The van der Waals surface area contributed by atoms with Gasteiger partial charge < -0.3 is 15.7 Å². The zero-order valence-corrected chi connectivity index (χ0v) is 18.0. The molecule has 3 aromatic rings. The highest BCUT2D eigenvalue weighted by Gasteiger charge is 2.10. The monoisotopic (exact) mass is 401 g/mol. The van der Waals surface area contributed by atoms with E-state index < -0.39 is 0 Å². The van der Waals surface area contributed by atoms with Crippen molar-refractivity contribution in [3.05, 3.63) is 84.4 Å². The number of nitrogens with one attached hydrogen (secondary N) is 2. The van der Waals surface area contributed by atoms with Gasteiger partial charge in [0.25, 0.3) is 0 Å². The Balaban J connectivity index is 1.76. The van der Waals surface area contributed by atoms with E-state index in [1.807, 2.05) is 36.4 Å². The molecule has 0 aliphatic carbocycles. The number of benzene rings is 3. The van der Waals surface area contributed by atoms with Crippen molar-refractivity contribution in [2.45, 2.75) is 45.7 Å². The van der Waals surface area contributed by atoms with Gasteiger partial charge in [-0.15, -0.1) is 0 Å². The fourth-order valence-corrected chi connectivity index (χ4v) is 3.26. The number of aromatic hydroxyl groups is 1. The fraction of sp³-hybridized carbons (Fsp3) is 0.269. The summed E-state index contributed by atoms with van der Waals surface area (Å²) in [5.74, 6) is 0.871. The number of rotatable bonds is 7. The number of hydrogen-bond donors (Lipinski definition) is 3. The molecule has 3 N–H and O–H groups in total. The molecule has 0 fully saturated rings. The summed E-state index contributed by atoms with van der Waals surface area (Å²) >= 11 is 0. The lowest BCUT2D eigenvalue weighted by molar-refractivity contribution is 0.478. The molecule has 0 saturated heterocycles. The summed E-state index contributed by atoms with van der Waals surface area (Å²) in [7, 11) is 0. The van der Waals surface area contributed by atoms with Crippen molar-refractivity contribution in [2.24, 2.45) is 4.99 Å². The fourth-order valence-electron chi connectivity index (χ4n) is 3.26. The lowest BCUT2D eigenvalue weighted by Crippen LogP contribution is -2.36. The number of guanidine groups is 1. The van der Waals surface area contributed by atoms with E-state index in [9.17, 15) is 5.11 Å². The quantitative estimate of drug-likeness (QED) is 0.265. The second-order valence-electron chi connectivity index (χ2n) is 7.87. The van der Waals surface area contributed by atoms with E-state index in [1.165, 1.54) is 5.56 Å². The molecule has 0 aliphatic rings. The smallest absolute Gasteiger partial charge is 0.196 e. The van der Waals surface area contributed by atoms with E-state index >= 15 is 0 Å². The van der Waals surface area contributed by atoms with Gasteiger partial charge in [0.15, 0.2) is 5.96 Å². The van der Waals surface area contributed by atoms with E-state index in [4.69, 9.17) is 4.99 Å². The van der Waals surface area contributed by atoms with Crippen LogP contribution in [0, 0.1) is 0 Å². The molecular formula is C26H31N3O. The topological polar surface area (TPSA) is 56.7 Å². The molecule has 4 heteroatoms. The van der Waals surface area contributed by atoms with E-state index in [1.54, 1.807) is 6.07 Å². The molecule has 3 aromatic carbocycles.